The summed E-state index contributed by atoms with van der Waals surface area (Å²) in [7, 11) is 1.57. The van der Waals surface area contributed by atoms with Gasteiger partial charge in [0.1, 0.15) is 17.9 Å². The standard InChI is InChI=1S/C19H22N6O2/c1-13-9-14(2)25(24-13)18-11-17(22-12-23-18)20-7-8-21-19(26)15-5-4-6-16(10-15)27-3/h4-6,9-12H,7-8H2,1-3H3,(H,21,26)(H,20,22,23). The number of amides is 1. The van der Waals surface area contributed by atoms with Crippen LogP contribution in [0.1, 0.15) is 21.7 Å². The maximum atomic E-state index is 12.2. The first-order valence-electron chi connectivity index (χ1n) is 8.58. The molecular weight excluding hydrogens is 344 g/mol. The van der Waals surface area contributed by atoms with E-state index < -0.39 is 0 Å². The lowest BCUT2D eigenvalue weighted by atomic mass is 10.2. The Hall–Kier alpha value is -3.42. The van der Waals surface area contributed by atoms with E-state index in [0.29, 0.717) is 36.0 Å². The predicted molar refractivity (Wildman–Crippen MR) is 102 cm³/mol. The summed E-state index contributed by atoms with van der Waals surface area (Å²) in [6.07, 6.45) is 1.49. The Morgan fingerprint density at radius 1 is 1.15 bits per heavy atom. The summed E-state index contributed by atoms with van der Waals surface area (Å²) in [5.41, 5.74) is 2.49. The van der Waals surface area contributed by atoms with Crippen LogP contribution in [0.4, 0.5) is 5.82 Å². The zero-order chi connectivity index (χ0) is 19.2. The highest BCUT2D eigenvalue weighted by atomic mass is 16.5. The molecule has 0 aliphatic carbocycles. The van der Waals surface area contributed by atoms with E-state index in [1.54, 1.807) is 36.1 Å². The van der Waals surface area contributed by atoms with E-state index in [-0.39, 0.29) is 5.91 Å². The van der Waals surface area contributed by atoms with Crippen LogP contribution in [0.5, 0.6) is 5.75 Å². The summed E-state index contributed by atoms with van der Waals surface area (Å²) in [6, 6.07) is 10.8. The first-order chi connectivity index (χ1) is 13.1. The van der Waals surface area contributed by atoms with Gasteiger partial charge in [-0.15, -0.1) is 0 Å². The van der Waals surface area contributed by atoms with Gasteiger partial charge in [0.15, 0.2) is 5.82 Å². The van der Waals surface area contributed by atoms with Crippen molar-refractivity contribution in [3.63, 3.8) is 0 Å². The van der Waals surface area contributed by atoms with Crippen molar-refractivity contribution in [1.29, 1.82) is 0 Å². The molecule has 0 saturated carbocycles. The molecule has 1 amide bonds. The van der Waals surface area contributed by atoms with Gasteiger partial charge < -0.3 is 15.4 Å². The topological polar surface area (TPSA) is 94.0 Å². The van der Waals surface area contributed by atoms with Crippen molar-refractivity contribution in [2.24, 2.45) is 0 Å². The van der Waals surface area contributed by atoms with E-state index in [4.69, 9.17) is 4.74 Å². The van der Waals surface area contributed by atoms with Gasteiger partial charge in [0, 0.05) is 30.4 Å². The predicted octanol–water partition coefficient (Wildman–Crippen LogP) is 2.13. The summed E-state index contributed by atoms with van der Waals surface area (Å²) >= 11 is 0. The average molecular weight is 366 g/mol. The smallest absolute Gasteiger partial charge is 0.251 e. The van der Waals surface area contributed by atoms with E-state index in [2.05, 4.69) is 25.7 Å². The molecule has 0 aliphatic heterocycles. The second-order valence-electron chi connectivity index (χ2n) is 6.01. The highest BCUT2D eigenvalue weighted by Gasteiger charge is 2.08. The number of methoxy groups -OCH3 is 1. The zero-order valence-electron chi connectivity index (χ0n) is 15.6. The van der Waals surface area contributed by atoms with Crippen molar-refractivity contribution in [1.82, 2.24) is 25.1 Å². The van der Waals surface area contributed by atoms with E-state index >= 15 is 0 Å². The van der Waals surface area contributed by atoms with Crippen LogP contribution in [0.3, 0.4) is 0 Å². The Morgan fingerprint density at radius 2 is 2.00 bits per heavy atom. The first-order valence-corrected chi connectivity index (χ1v) is 8.58. The Balaban J connectivity index is 1.54. The summed E-state index contributed by atoms with van der Waals surface area (Å²) < 4.78 is 6.90. The van der Waals surface area contributed by atoms with Crippen LogP contribution >= 0.6 is 0 Å². The molecule has 3 aromatic rings. The van der Waals surface area contributed by atoms with Crippen LogP contribution in [0.15, 0.2) is 42.7 Å². The van der Waals surface area contributed by atoms with E-state index in [1.165, 1.54) is 6.33 Å². The number of carbonyl (C=O) groups is 1. The second kappa shape index (κ2) is 8.31. The molecule has 2 N–H and O–H groups in total. The second-order valence-corrected chi connectivity index (χ2v) is 6.01. The summed E-state index contributed by atoms with van der Waals surface area (Å²) in [5.74, 6) is 1.86. The largest absolute Gasteiger partial charge is 0.497 e. The van der Waals surface area contributed by atoms with Crippen molar-refractivity contribution in [3.8, 4) is 11.6 Å². The van der Waals surface area contributed by atoms with Gasteiger partial charge in [-0.1, -0.05) is 6.07 Å². The van der Waals surface area contributed by atoms with Gasteiger partial charge in [0.05, 0.1) is 12.8 Å². The molecule has 8 heteroatoms. The molecule has 0 saturated heterocycles. The summed E-state index contributed by atoms with van der Waals surface area (Å²) in [6.45, 7) is 4.90. The minimum atomic E-state index is -0.151. The molecule has 0 bridgehead atoms. The lowest BCUT2D eigenvalue weighted by molar-refractivity contribution is 0.0955. The third-order valence-electron chi connectivity index (χ3n) is 3.93. The lowest BCUT2D eigenvalue weighted by Gasteiger charge is -2.09. The fourth-order valence-electron chi connectivity index (χ4n) is 2.65. The highest BCUT2D eigenvalue weighted by Crippen LogP contribution is 2.13. The fraction of sp³-hybridized carbons (Fsp3) is 0.263. The van der Waals surface area contributed by atoms with Crippen molar-refractivity contribution in [3.05, 3.63) is 59.7 Å². The van der Waals surface area contributed by atoms with Gasteiger partial charge >= 0.3 is 0 Å². The number of hydrogen-bond acceptors (Lipinski definition) is 6. The third-order valence-corrected chi connectivity index (χ3v) is 3.93. The Labute approximate surface area is 157 Å². The maximum Gasteiger partial charge on any atom is 0.251 e. The number of rotatable bonds is 7. The Morgan fingerprint density at radius 3 is 2.74 bits per heavy atom. The van der Waals surface area contributed by atoms with Crippen molar-refractivity contribution in [2.45, 2.75) is 13.8 Å². The molecule has 0 fully saturated rings. The summed E-state index contributed by atoms with van der Waals surface area (Å²) in [4.78, 5) is 20.6. The number of anilines is 1. The highest BCUT2D eigenvalue weighted by molar-refractivity contribution is 5.94. The molecule has 0 spiro atoms. The van der Waals surface area contributed by atoms with Crippen molar-refractivity contribution >= 4 is 11.7 Å². The minimum absolute atomic E-state index is 0.151. The van der Waals surface area contributed by atoms with Crippen LogP contribution in [0, 0.1) is 13.8 Å². The van der Waals surface area contributed by atoms with Gasteiger partial charge in [-0.05, 0) is 38.1 Å². The van der Waals surface area contributed by atoms with Crippen LogP contribution in [-0.4, -0.2) is 45.9 Å². The molecule has 0 aliphatic rings. The number of carbonyl (C=O) groups excluding carboxylic acids is 1. The number of nitrogens with one attached hydrogen (secondary N) is 2. The molecule has 8 nitrogen and oxygen atoms in total. The monoisotopic (exact) mass is 366 g/mol. The van der Waals surface area contributed by atoms with Gasteiger partial charge in [-0.2, -0.15) is 5.10 Å². The number of hydrogen-bond donors (Lipinski definition) is 2. The molecule has 0 unspecified atom stereocenters. The molecule has 140 valence electrons. The van der Waals surface area contributed by atoms with E-state index in [0.717, 1.165) is 11.4 Å². The molecule has 0 atom stereocenters. The van der Waals surface area contributed by atoms with E-state index in [9.17, 15) is 4.79 Å². The van der Waals surface area contributed by atoms with Crippen molar-refractivity contribution < 1.29 is 9.53 Å². The zero-order valence-corrected chi connectivity index (χ0v) is 15.6. The van der Waals surface area contributed by atoms with Crippen molar-refractivity contribution in [2.75, 3.05) is 25.5 Å². The SMILES string of the molecule is COc1cccc(C(=O)NCCNc2cc(-n3nc(C)cc3C)ncn2)c1. The normalized spacial score (nSPS) is 10.5. The van der Waals surface area contributed by atoms with E-state index in [1.807, 2.05) is 26.0 Å². The van der Waals surface area contributed by atoms with Crippen LogP contribution < -0.4 is 15.4 Å². The van der Waals surface area contributed by atoms with Crippen LogP contribution in [0.2, 0.25) is 0 Å². The Kier molecular flexibility index (Phi) is 5.65. The number of nitrogens with zero attached hydrogens (tertiary/aromatic N) is 4. The quantitative estimate of drug-likeness (QED) is 0.622. The first kappa shape index (κ1) is 18.4. The molecule has 2 heterocycles. The molecule has 2 aromatic heterocycles. The minimum Gasteiger partial charge on any atom is -0.497 e. The lowest BCUT2D eigenvalue weighted by Crippen LogP contribution is -2.28. The van der Waals surface area contributed by atoms with Gasteiger partial charge in [-0.3, -0.25) is 4.79 Å². The molecule has 1 aromatic carbocycles. The third kappa shape index (κ3) is 4.60. The number of ether oxygens (including phenoxy) is 1. The van der Waals surface area contributed by atoms with Crippen LogP contribution in [-0.2, 0) is 0 Å². The van der Waals surface area contributed by atoms with Gasteiger partial charge in [0.2, 0.25) is 0 Å². The summed E-state index contributed by atoms with van der Waals surface area (Å²) in [5, 5.41) is 10.5. The van der Waals surface area contributed by atoms with Gasteiger partial charge in [-0.25, -0.2) is 14.6 Å². The van der Waals surface area contributed by atoms with Gasteiger partial charge in [0.25, 0.3) is 5.91 Å². The average Bonchev–Trinajstić information content (AvgIpc) is 3.03. The van der Waals surface area contributed by atoms with Crippen LogP contribution in [0.25, 0.3) is 5.82 Å². The fourth-order valence-corrected chi connectivity index (χ4v) is 2.65. The number of aryl methyl sites for hydroxylation is 2. The number of aromatic nitrogens is 4. The molecule has 27 heavy (non-hydrogen) atoms. The molecule has 0 radical (unpaired) electrons. The maximum absolute atomic E-state index is 12.2. The molecule has 3 rings (SSSR count). The number of benzene rings is 1. The molecular formula is C19H22N6O2. The Bertz CT molecular complexity index is 937.